The molecule has 114 valence electrons. The van der Waals surface area contributed by atoms with E-state index in [2.05, 4.69) is 28.9 Å². The van der Waals surface area contributed by atoms with Crippen LogP contribution in [0.2, 0.25) is 0 Å². The first-order valence-corrected chi connectivity index (χ1v) is 8.35. The van der Waals surface area contributed by atoms with E-state index in [0.717, 1.165) is 19.5 Å². The van der Waals surface area contributed by atoms with Gasteiger partial charge in [0.15, 0.2) is 0 Å². The Kier molecular flexibility index (Phi) is 4.85. The van der Waals surface area contributed by atoms with Crippen LogP contribution in [-0.2, 0) is 16.6 Å². The van der Waals surface area contributed by atoms with Crippen molar-refractivity contribution < 1.29 is 12.8 Å². The predicted octanol–water partition coefficient (Wildman–Crippen LogP) is 0.618. The fourth-order valence-corrected chi connectivity index (χ4v) is 3.25. The van der Waals surface area contributed by atoms with Crippen molar-refractivity contribution in [2.24, 2.45) is 5.92 Å². The molecule has 0 aromatic carbocycles. The minimum atomic E-state index is -3.49. The van der Waals surface area contributed by atoms with Crippen molar-refractivity contribution in [3.8, 4) is 0 Å². The van der Waals surface area contributed by atoms with Gasteiger partial charge in [-0.3, -0.25) is 0 Å². The normalized spacial score (nSPS) is 24.9. The first-order chi connectivity index (χ1) is 9.42. The number of furan rings is 1. The molecule has 0 spiro atoms. The Balaban J connectivity index is 1.92. The quantitative estimate of drug-likeness (QED) is 0.834. The van der Waals surface area contributed by atoms with Crippen molar-refractivity contribution in [2.45, 2.75) is 31.0 Å². The van der Waals surface area contributed by atoms with Gasteiger partial charge in [0.05, 0.1) is 6.54 Å². The highest BCUT2D eigenvalue weighted by molar-refractivity contribution is 7.89. The van der Waals surface area contributed by atoms with Crippen LogP contribution >= 0.6 is 0 Å². The second-order valence-electron chi connectivity index (χ2n) is 5.44. The molecule has 6 nitrogen and oxygen atoms in total. The highest BCUT2D eigenvalue weighted by Gasteiger charge is 2.24. The van der Waals surface area contributed by atoms with Crippen molar-refractivity contribution >= 4 is 10.0 Å². The van der Waals surface area contributed by atoms with Crippen LogP contribution in [0.15, 0.2) is 21.6 Å². The predicted molar refractivity (Wildman–Crippen MR) is 76.9 cm³/mol. The summed E-state index contributed by atoms with van der Waals surface area (Å²) in [5.74, 6) is 1.22. The summed E-state index contributed by atoms with van der Waals surface area (Å²) < 4.78 is 30.8. The van der Waals surface area contributed by atoms with Gasteiger partial charge in [0, 0.05) is 12.6 Å². The van der Waals surface area contributed by atoms with Crippen LogP contribution in [0.4, 0.5) is 0 Å². The van der Waals surface area contributed by atoms with E-state index >= 15 is 0 Å². The third kappa shape index (κ3) is 3.60. The molecule has 1 saturated heterocycles. The lowest BCUT2D eigenvalue weighted by molar-refractivity contribution is 0.172. The first-order valence-electron chi connectivity index (χ1n) is 6.86. The van der Waals surface area contributed by atoms with Gasteiger partial charge in [0.1, 0.15) is 5.76 Å². The Morgan fingerprint density at radius 2 is 2.20 bits per heavy atom. The Morgan fingerprint density at radius 1 is 1.45 bits per heavy atom. The Bertz CT molecular complexity index is 541. The Hall–Kier alpha value is -0.890. The zero-order valence-corrected chi connectivity index (χ0v) is 13.0. The molecule has 2 unspecified atom stereocenters. The monoisotopic (exact) mass is 301 g/mol. The van der Waals surface area contributed by atoms with Crippen molar-refractivity contribution in [2.75, 3.05) is 27.2 Å². The maximum absolute atomic E-state index is 11.6. The molecule has 2 atom stereocenters. The van der Waals surface area contributed by atoms with Gasteiger partial charge in [-0.1, -0.05) is 6.92 Å². The van der Waals surface area contributed by atoms with Gasteiger partial charge < -0.3 is 14.6 Å². The average Bonchev–Trinajstić information content (AvgIpc) is 2.87. The molecule has 1 aliphatic heterocycles. The Labute approximate surface area is 120 Å². The molecule has 20 heavy (non-hydrogen) atoms. The van der Waals surface area contributed by atoms with Crippen LogP contribution in [-0.4, -0.2) is 46.5 Å². The molecule has 0 saturated carbocycles. The van der Waals surface area contributed by atoms with E-state index < -0.39 is 10.0 Å². The first kappa shape index (κ1) is 15.5. The number of hydrogen-bond acceptors (Lipinski definition) is 5. The minimum absolute atomic E-state index is 0.0341. The summed E-state index contributed by atoms with van der Waals surface area (Å²) in [5.41, 5.74) is 0. The number of nitrogens with one attached hydrogen (secondary N) is 2. The molecule has 2 rings (SSSR count). The molecular formula is C13H23N3O3S. The molecule has 0 bridgehead atoms. The molecule has 1 aromatic heterocycles. The summed E-state index contributed by atoms with van der Waals surface area (Å²) in [6.45, 7) is 4.94. The van der Waals surface area contributed by atoms with Crippen LogP contribution in [0, 0.1) is 5.92 Å². The van der Waals surface area contributed by atoms with Crippen LogP contribution < -0.4 is 10.0 Å². The summed E-state index contributed by atoms with van der Waals surface area (Å²) >= 11 is 0. The van der Waals surface area contributed by atoms with Gasteiger partial charge in [0.2, 0.25) is 5.09 Å². The van der Waals surface area contributed by atoms with Gasteiger partial charge >= 0.3 is 0 Å². The summed E-state index contributed by atoms with van der Waals surface area (Å²) in [6.07, 6.45) is 1.10. The number of rotatable bonds is 5. The number of likely N-dealkylation sites (tertiary alicyclic amines) is 1. The molecule has 0 radical (unpaired) electrons. The van der Waals surface area contributed by atoms with E-state index in [-0.39, 0.29) is 5.09 Å². The number of sulfonamides is 1. The van der Waals surface area contributed by atoms with E-state index in [4.69, 9.17) is 4.42 Å². The largest absolute Gasteiger partial charge is 0.447 e. The summed E-state index contributed by atoms with van der Waals surface area (Å²) in [7, 11) is 0.0144. The van der Waals surface area contributed by atoms with Crippen LogP contribution in [0.1, 0.15) is 19.1 Å². The van der Waals surface area contributed by atoms with E-state index in [0.29, 0.717) is 24.3 Å². The second kappa shape index (κ2) is 6.26. The van der Waals surface area contributed by atoms with Gasteiger partial charge in [-0.2, -0.15) is 0 Å². The van der Waals surface area contributed by atoms with Crippen molar-refractivity contribution in [1.82, 2.24) is 14.9 Å². The highest BCUT2D eigenvalue weighted by Crippen LogP contribution is 2.17. The van der Waals surface area contributed by atoms with Gasteiger partial charge in [0.25, 0.3) is 10.0 Å². The molecule has 1 aliphatic rings. The van der Waals surface area contributed by atoms with Crippen molar-refractivity contribution in [1.29, 1.82) is 0 Å². The highest BCUT2D eigenvalue weighted by atomic mass is 32.2. The molecule has 0 aliphatic carbocycles. The summed E-state index contributed by atoms with van der Waals surface area (Å²) in [5, 5.41) is 3.42. The van der Waals surface area contributed by atoms with Crippen molar-refractivity contribution in [3.63, 3.8) is 0 Å². The maximum atomic E-state index is 11.6. The molecule has 2 N–H and O–H groups in total. The lowest BCUT2D eigenvalue weighted by Crippen LogP contribution is -2.46. The number of piperidine rings is 1. The summed E-state index contributed by atoms with van der Waals surface area (Å²) in [4.78, 5) is 2.33. The standard InChI is InChI=1S/C13H23N3O3S/c1-10-9-16(3)7-6-12(10)15-8-11-4-5-13(19-11)20(17,18)14-2/h4-5,10,12,14-15H,6-9H2,1-3H3. The molecule has 2 heterocycles. The SMILES string of the molecule is CNS(=O)(=O)c1ccc(CNC2CCN(C)CC2C)o1. The third-order valence-electron chi connectivity index (χ3n) is 3.82. The van der Waals surface area contributed by atoms with E-state index in [9.17, 15) is 8.42 Å². The van der Waals surface area contributed by atoms with Crippen molar-refractivity contribution in [3.05, 3.63) is 17.9 Å². The lowest BCUT2D eigenvalue weighted by Gasteiger charge is -2.35. The zero-order valence-electron chi connectivity index (χ0n) is 12.2. The number of nitrogens with zero attached hydrogens (tertiary/aromatic N) is 1. The van der Waals surface area contributed by atoms with E-state index in [1.54, 1.807) is 6.07 Å². The molecule has 1 fully saturated rings. The topological polar surface area (TPSA) is 74.6 Å². The van der Waals surface area contributed by atoms with Gasteiger partial charge in [-0.25, -0.2) is 13.1 Å². The van der Waals surface area contributed by atoms with Crippen LogP contribution in [0.25, 0.3) is 0 Å². The lowest BCUT2D eigenvalue weighted by atomic mass is 9.94. The second-order valence-corrected chi connectivity index (χ2v) is 7.26. The van der Waals surface area contributed by atoms with E-state index in [1.165, 1.54) is 13.1 Å². The average molecular weight is 301 g/mol. The van der Waals surface area contributed by atoms with Crippen LogP contribution in [0.3, 0.4) is 0 Å². The number of hydrogen-bond donors (Lipinski definition) is 2. The smallest absolute Gasteiger partial charge is 0.273 e. The fourth-order valence-electron chi connectivity index (χ4n) is 2.59. The van der Waals surface area contributed by atoms with Crippen LogP contribution in [0.5, 0.6) is 0 Å². The molecule has 1 aromatic rings. The van der Waals surface area contributed by atoms with Gasteiger partial charge in [-0.15, -0.1) is 0 Å². The molecule has 0 amide bonds. The molecular weight excluding hydrogens is 278 g/mol. The summed E-state index contributed by atoms with van der Waals surface area (Å²) in [6, 6.07) is 3.64. The molecule has 7 heteroatoms. The third-order valence-corrected chi connectivity index (χ3v) is 5.10. The van der Waals surface area contributed by atoms with E-state index in [1.807, 2.05) is 0 Å². The fraction of sp³-hybridized carbons (Fsp3) is 0.692. The Morgan fingerprint density at radius 3 is 2.85 bits per heavy atom. The van der Waals surface area contributed by atoms with Gasteiger partial charge in [-0.05, 0) is 45.1 Å². The zero-order chi connectivity index (χ0) is 14.8. The minimum Gasteiger partial charge on any atom is -0.447 e. The maximum Gasteiger partial charge on any atom is 0.273 e.